The molecule has 0 atom stereocenters. The summed E-state index contributed by atoms with van der Waals surface area (Å²) in [5.74, 6) is 0. The number of fused-ring (bicyclic) bond motifs is 2. The van der Waals surface area contributed by atoms with Crippen molar-refractivity contribution < 1.29 is 0 Å². The van der Waals surface area contributed by atoms with E-state index in [1.807, 2.05) is 24.5 Å². The molecule has 3 nitrogen and oxygen atoms in total. The van der Waals surface area contributed by atoms with Gasteiger partial charge in [-0.25, -0.2) is 0 Å². The third kappa shape index (κ3) is 2.04. The van der Waals surface area contributed by atoms with Crippen molar-refractivity contribution in [2.45, 2.75) is 0 Å². The van der Waals surface area contributed by atoms with E-state index >= 15 is 0 Å². The lowest BCUT2D eigenvalue weighted by atomic mass is 9.93. The Morgan fingerprint density at radius 1 is 0.457 bits per heavy atom. The predicted octanol–water partition coefficient (Wildman–Crippen LogP) is 8.17. The number of hydrogen-bond acceptors (Lipinski definition) is 2. The molecule has 0 spiro atoms. The van der Waals surface area contributed by atoms with Crippen molar-refractivity contribution in [3.63, 3.8) is 0 Å². The molecule has 0 saturated carbocycles. The van der Waals surface area contributed by atoms with E-state index in [4.69, 9.17) is 4.98 Å². The van der Waals surface area contributed by atoms with E-state index < -0.39 is 0 Å². The summed E-state index contributed by atoms with van der Waals surface area (Å²) in [7, 11) is 0. The Balaban J connectivity index is 1.64. The lowest BCUT2D eigenvalue weighted by Gasteiger charge is -2.14. The van der Waals surface area contributed by atoms with Crippen molar-refractivity contribution >= 4 is 65.2 Å². The number of rotatable bonds is 1. The van der Waals surface area contributed by atoms with Gasteiger partial charge in [-0.15, -0.1) is 0 Å². The Hall–Kier alpha value is -4.76. The molecule has 3 heteroatoms. The van der Waals surface area contributed by atoms with Gasteiger partial charge >= 0.3 is 0 Å². The van der Waals surface area contributed by atoms with Crippen LogP contribution in [0, 0.1) is 0 Å². The van der Waals surface area contributed by atoms with Crippen molar-refractivity contribution in [1.82, 2.24) is 14.5 Å². The van der Waals surface area contributed by atoms with Crippen LogP contribution in [-0.4, -0.2) is 14.5 Å². The van der Waals surface area contributed by atoms with Crippen LogP contribution in [0.4, 0.5) is 0 Å². The average Bonchev–Trinajstić information content (AvgIpc) is 3.19. The summed E-state index contributed by atoms with van der Waals surface area (Å²) in [6.45, 7) is 0. The van der Waals surface area contributed by atoms with E-state index in [0.717, 1.165) is 16.7 Å². The Morgan fingerprint density at radius 2 is 1.14 bits per heavy atom. The quantitative estimate of drug-likeness (QED) is 0.240. The van der Waals surface area contributed by atoms with Crippen molar-refractivity contribution in [3.8, 4) is 16.8 Å². The summed E-state index contributed by atoms with van der Waals surface area (Å²) in [6, 6.07) is 33.1. The first-order chi connectivity index (χ1) is 17.4. The molecule has 0 amide bonds. The molecule has 0 fully saturated rings. The minimum atomic E-state index is 0.904. The number of hydrogen-bond donors (Lipinski definition) is 0. The fraction of sp³-hybridized carbons (Fsp3) is 0. The number of benzene rings is 5. The van der Waals surface area contributed by atoms with Crippen LogP contribution in [0.15, 0.2) is 103 Å². The van der Waals surface area contributed by atoms with Gasteiger partial charge < -0.3 is 4.57 Å². The van der Waals surface area contributed by atoms with Crippen LogP contribution in [0.25, 0.3) is 82.0 Å². The van der Waals surface area contributed by atoms with Crippen LogP contribution < -0.4 is 0 Å². The van der Waals surface area contributed by atoms with Crippen molar-refractivity contribution in [1.29, 1.82) is 0 Å². The van der Waals surface area contributed by atoms with Gasteiger partial charge in [0.1, 0.15) is 5.52 Å². The van der Waals surface area contributed by atoms with Gasteiger partial charge in [-0.3, -0.25) is 9.97 Å². The predicted molar refractivity (Wildman–Crippen MR) is 145 cm³/mol. The minimum absolute atomic E-state index is 0.904. The normalized spacial score (nSPS) is 12.6. The van der Waals surface area contributed by atoms with Crippen LogP contribution in [0.2, 0.25) is 0 Å². The second-order valence-electron chi connectivity index (χ2n) is 9.43. The molecule has 0 saturated heterocycles. The molecule has 3 aromatic heterocycles. The van der Waals surface area contributed by atoms with Gasteiger partial charge in [0.15, 0.2) is 0 Å². The van der Waals surface area contributed by atoms with Gasteiger partial charge in [0.05, 0.1) is 22.2 Å². The molecular formula is C32H17N3. The molecule has 8 aromatic rings. The zero-order valence-electron chi connectivity index (χ0n) is 18.7. The number of aromatic nitrogens is 3. The van der Waals surface area contributed by atoms with E-state index in [2.05, 4.69) is 88.4 Å². The monoisotopic (exact) mass is 443 g/mol. The second-order valence-corrected chi connectivity index (χ2v) is 9.43. The summed E-state index contributed by atoms with van der Waals surface area (Å²) in [5, 5.41) is 10.5. The molecule has 9 rings (SSSR count). The fourth-order valence-corrected chi connectivity index (χ4v) is 6.41. The molecule has 0 N–H and O–H groups in total. The van der Waals surface area contributed by atoms with Crippen LogP contribution in [-0.2, 0) is 0 Å². The maximum absolute atomic E-state index is 4.75. The summed E-state index contributed by atoms with van der Waals surface area (Å²) in [6.07, 6.45) is 3.74. The molecule has 5 aromatic carbocycles. The number of nitrogens with zero attached hydrogens (tertiary/aromatic N) is 3. The molecule has 0 bridgehead atoms. The third-order valence-electron chi connectivity index (χ3n) is 7.77. The Labute approximate surface area is 199 Å². The van der Waals surface area contributed by atoms with Crippen molar-refractivity contribution in [3.05, 3.63) is 103 Å². The molecule has 0 radical (unpaired) electrons. The van der Waals surface area contributed by atoms with Crippen LogP contribution in [0.5, 0.6) is 0 Å². The Kier molecular flexibility index (Phi) is 3.04. The molecule has 35 heavy (non-hydrogen) atoms. The minimum Gasteiger partial charge on any atom is -0.307 e. The van der Waals surface area contributed by atoms with Crippen molar-refractivity contribution in [2.24, 2.45) is 0 Å². The van der Waals surface area contributed by atoms with Crippen LogP contribution in [0.1, 0.15) is 0 Å². The van der Waals surface area contributed by atoms with Gasteiger partial charge in [-0.05, 0) is 68.4 Å². The van der Waals surface area contributed by atoms with Gasteiger partial charge in [0.25, 0.3) is 0 Å². The van der Waals surface area contributed by atoms with Crippen LogP contribution in [0.3, 0.4) is 0 Å². The molecule has 1 aliphatic carbocycles. The first kappa shape index (κ1) is 17.7. The first-order valence-electron chi connectivity index (χ1n) is 11.9. The molecular weight excluding hydrogens is 426 g/mol. The summed E-state index contributed by atoms with van der Waals surface area (Å²) in [4.78, 5) is 9.33. The summed E-state index contributed by atoms with van der Waals surface area (Å²) in [5.41, 5.74) is 7.88. The average molecular weight is 444 g/mol. The first-order valence-corrected chi connectivity index (χ1v) is 11.9. The highest BCUT2D eigenvalue weighted by Gasteiger charge is 2.24. The summed E-state index contributed by atoms with van der Waals surface area (Å²) >= 11 is 0. The highest BCUT2D eigenvalue weighted by molar-refractivity contribution is 6.38. The van der Waals surface area contributed by atoms with E-state index in [9.17, 15) is 0 Å². The fourth-order valence-electron chi connectivity index (χ4n) is 6.41. The lowest BCUT2D eigenvalue weighted by Crippen LogP contribution is -1.98. The standard InChI is InChI=1S/C32H17N3/c1-4-18-9-10-19-11-12-20-13-14-25-31-29(20)28(19)27(18)21(5-1)22-6-2-8-24(30(22)31)35(25)26-15-17-33-23-7-3-16-34-32(23)26/h1-17H. The van der Waals surface area contributed by atoms with Gasteiger partial charge in [0, 0.05) is 28.6 Å². The molecule has 0 aliphatic heterocycles. The second kappa shape index (κ2) is 6.02. The van der Waals surface area contributed by atoms with E-state index in [1.165, 1.54) is 65.3 Å². The van der Waals surface area contributed by atoms with Gasteiger partial charge in [0.2, 0.25) is 0 Å². The van der Waals surface area contributed by atoms with Gasteiger partial charge in [-0.1, -0.05) is 60.7 Å². The maximum atomic E-state index is 4.75. The molecule has 0 unspecified atom stereocenters. The lowest BCUT2D eigenvalue weighted by molar-refractivity contribution is 1.17. The highest BCUT2D eigenvalue weighted by atomic mass is 15.0. The SMILES string of the molecule is c1cc2c3c(c1)ccc1ccc4ccc5c(c6c-2cccc6n5-c2ccnc5cccnc25)c4c13. The van der Waals surface area contributed by atoms with E-state index in [-0.39, 0.29) is 0 Å². The smallest absolute Gasteiger partial charge is 0.113 e. The van der Waals surface area contributed by atoms with E-state index in [1.54, 1.807) is 0 Å². The largest absolute Gasteiger partial charge is 0.307 e. The molecule has 1 aliphatic rings. The summed E-state index contributed by atoms with van der Waals surface area (Å²) < 4.78 is 2.39. The zero-order chi connectivity index (χ0) is 22.7. The van der Waals surface area contributed by atoms with Crippen LogP contribution >= 0.6 is 0 Å². The Morgan fingerprint density at radius 3 is 2.00 bits per heavy atom. The highest BCUT2D eigenvalue weighted by Crippen LogP contribution is 2.49. The Bertz CT molecular complexity index is 2210. The third-order valence-corrected chi connectivity index (χ3v) is 7.77. The zero-order valence-corrected chi connectivity index (χ0v) is 18.7. The van der Waals surface area contributed by atoms with Crippen molar-refractivity contribution in [2.75, 3.05) is 0 Å². The maximum Gasteiger partial charge on any atom is 0.113 e. The van der Waals surface area contributed by atoms with Gasteiger partial charge in [-0.2, -0.15) is 0 Å². The molecule has 3 heterocycles. The topological polar surface area (TPSA) is 30.7 Å². The molecule has 160 valence electrons. The number of pyridine rings is 2. The van der Waals surface area contributed by atoms with E-state index in [0.29, 0.717) is 0 Å².